The fourth-order valence-electron chi connectivity index (χ4n) is 2.28. The minimum atomic E-state index is 0. The number of methoxy groups -OCH3 is 2. The number of nitrogens with zero attached hydrogens (tertiary/aromatic N) is 2. The lowest BCUT2D eigenvalue weighted by Gasteiger charge is -2.29. The zero-order chi connectivity index (χ0) is 15.9. The predicted molar refractivity (Wildman–Crippen MR) is 102 cm³/mol. The molecule has 1 aromatic carbocycles. The van der Waals surface area contributed by atoms with E-state index in [0.717, 1.165) is 25.4 Å². The number of likely N-dealkylation sites (N-methyl/N-ethyl adjacent to an activating group) is 1. The van der Waals surface area contributed by atoms with Gasteiger partial charge in [0.15, 0.2) is 17.5 Å². The molecule has 3 N–H and O–H groups in total. The van der Waals surface area contributed by atoms with E-state index in [2.05, 4.69) is 22.3 Å². The van der Waals surface area contributed by atoms with Crippen molar-refractivity contribution in [1.29, 1.82) is 0 Å². The molecule has 23 heavy (non-hydrogen) atoms. The van der Waals surface area contributed by atoms with Gasteiger partial charge in [-0.2, -0.15) is 0 Å². The van der Waals surface area contributed by atoms with Gasteiger partial charge in [0.05, 0.1) is 33.5 Å². The maximum absolute atomic E-state index is 5.92. The SMILES string of the molecule is COc1ccc(NC(N)=NCC2CN(C)CCO2)cc1OC.I. The van der Waals surface area contributed by atoms with Crippen molar-refractivity contribution < 1.29 is 14.2 Å². The smallest absolute Gasteiger partial charge is 0.193 e. The Kier molecular flexibility index (Phi) is 8.42. The lowest BCUT2D eigenvalue weighted by Crippen LogP contribution is -2.41. The molecule has 1 fully saturated rings. The minimum Gasteiger partial charge on any atom is -0.493 e. The highest BCUT2D eigenvalue weighted by molar-refractivity contribution is 14.0. The minimum absolute atomic E-state index is 0. The molecule has 130 valence electrons. The van der Waals surface area contributed by atoms with Gasteiger partial charge in [0.25, 0.3) is 0 Å². The number of hydrogen-bond donors (Lipinski definition) is 2. The fraction of sp³-hybridized carbons (Fsp3) is 0.533. The number of nitrogens with two attached hydrogens (primary N) is 1. The third-order valence-electron chi connectivity index (χ3n) is 3.46. The van der Waals surface area contributed by atoms with Crippen LogP contribution in [0.2, 0.25) is 0 Å². The zero-order valence-corrected chi connectivity index (χ0v) is 16.1. The lowest BCUT2D eigenvalue weighted by molar-refractivity contribution is -0.0136. The topological polar surface area (TPSA) is 81.3 Å². The van der Waals surface area contributed by atoms with Crippen molar-refractivity contribution in [3.63, 3.8) is 0 Å². The number of halogens is 1. The summed E-state index contributed by atoms with van der Waals surface area (Å²) in [5.74, 6) is 1.66. The van der Waals surface area contributed by atoms with Gasteiger partial charge in [0, 0.05) is 24.8 Å². The molecule has 1 heterocycles. The normalized spacial score (nSPS) is 18.9. The molecule has 1 unspecified atom stereocenters. The lowest BCUT2D eigenvalue weighted by atomic mass is 10.2. The second-order valence-electron chi connectivity index (χ2n) is 5.18. The van der Waals surface area contributed by atoms with Crippen LogP contribution in [0.15, 0.2) is 23.2 Å². The van der Waals surface area contributed by atoms with E-state index in [-0.39, 0.29) is 30.1 Å². The molecule has 1 saturated heterocycles. The van der Waals surface area contributed by atoms with E-state index in [1.807, 2.05) is 18.2 Å². The van der Waals surface area contributed by atoms with E-state index in [4.69, 9.17) is 19.9 Å². The van der Waals surface area contributed by atoms with Crippen LogP contribution in [0.25, 0.3) is 0 Å². The largest absolute Gasteiger partial charge is 0.493 e. The van der Waals surface area contributed by atoms with Crippen LogP contribution in [-0.2, 0) is 4.74 Å². The summed E-state index contributed by atoms with van der Waals surface area (Å²) in [5.41, 5.74) is 6.71. The van der Waals surface area contributed by atoms with Gasteiger partial charge < -0.3 is 30.2 Å². The Bertz CT molecular complexity index is 527. The maximum Gasteiger partial charge on any atom is 0.193 e. The van der Waals surface area contributed by atoms with Crippen molar-refractivity contribution in [3.8, 4) is 11.5 Å². The van der Waals surface area contributed by atoms with Gasteiger partial charge in [-0.3, -0.25) is 4.99 Å². The molecular formula is C15H25IN4O3. The van der Waals surface area contributed by atoms with E-state index in [1.54, 1.807) is 14.2 Å². The average Bonchev–Trinajstić information content (AvgIpc) is 2.53. The van der Waals surface area contributed by atoms with Gasteiger partial charge in [0.2, 0.25) is 0 Å². The summed E-state index contributed by atoms with van der Waals surface area (Å²) in [7, 11) is 5.27. The molecule has 0 bridgehead atoms. The van der Waals surface area contributed by atoms with Crippen LogP contribution >= 0.6 is 24.0 Å². The van der Waals surface area contributed by atoms with Gasteiger partial charge in [-0.25, -0.2) is 0 Å². The number of guanidine groups is 1. The molecule has 0 amide bonds. The molecule has 7 nitrogen and oxygen atoms in total. The number of anilines is 1. The van der Waals surface area contributed by atoms with Crippen LogP contribution < -0.4 is 20.5 Å². The molecule has 0 radical (unpaired) electrons. The number of morpholine rings is 1. The molecule has 0 saturated carbocycles. The summed E-state index contributed by atoms with van der Waals surface area (Å²) in [5, 5.41) is 3.04. The first-order valence-corrected chi connectivity index (χ1v) is 7.21. The molecule has 0 spiro atoms. The zero-order valence-electron chi connectivity index (χ0n) is 13.7. The maximum atomic E-state index is 5.92. The van der Waals surface area contributed by atoms with Gasteiger partial charge in [0.1, 0.15) is 0 Å². The summed E-state index contributed by atoms with van der Waals surface area (Å²) in [6, 6.07) is 5.48. The Labute approximate surface area is 154 Å². The van der Waals surface area contributed by atoms with Crippen LogP contribution in [0.1, 0.15) is 0 Å². The molecule has 1 aliphatic heterocycles. The number of benzene rings is 1. The second kappa shape index (κ2) is 9.78. The van der Waals surface area contributed by atoms with Gasteiger partial charge in [-0.1, -0.05) is 0 Å². The van der Waals surface area contributed by atoms with Gasteiger partial charge in [-0.15, -0.1) is 24.0 Å². The van der Waals surface area contributed by atoms with Crippen LogP contribution in [-0.4, -0.2) is 64.5 Å². The standard InChI is InChI=1S/C15H24N4O3.HI/c1-19-6-7-22-12(10-19)9-17-15(16)18-11-4-5-13(20-2)14(8-11)21-3;/h4-5,8,12H,6-7,9-10H2,1-3H3,(H3,16,17,18);1H. The van der Waals surface area contributed by atoms with E-state index in [9.17, 15) is 0 Å². The summed E-state index contributed by atoms with van der Waals surface area (Å²) in [6.45, 7) is 3.10. The summed E-state index contributed by atoms with van der Waals surface area (Å²) >= 11 is 0. The van der Waals surface area contributed by atoms with E-state index < -0.39 is 0 Å². The van der Waals surface area contributed by atoms with Crippen molar-refractivity contribution in [2.45, 2.75) is 6.10 Å². The highest BCUT2D eigenvalue weighted by Crippen LogP contribution is 2.29. The van der Waals surface area contributed by atoms with Crippen molar-refractivity contribution in [1.82, 2.24) is 4.90 Å². The molecule has 1 aliphatic rings. The first-order valence-electron chi connectivity index (χ1n) is 7.21. The Morgan fingerprint density at radius 3 is 2.78 bits per heavy atom. The Hall–Kier alpha value is -1.26. The number of ether oxygens (including phenoxy) is 3. The Morgan fingerprint density at radius 1 is 1.39 bits per heavy atom. The Morgan fingerprint density at radius 2 is 2.13 bits per heavy atom. The molecular weight excluding hydrogens is 411 g/mol. The van der Waals surface area contributed by atoms with E-state index in [0.29, 0.717) is 24.0 Å². The van der Waals surface area contributed by atoms with E-state index >= 15 is 0 Å². The number of hydrogen-bond acceptors (Lipinski definition) is 5. The Balaban J connectivity index is 0.00000264. The first kappa shape index (κ1) is 19.8. The van der Waals surface area contributed by atoms with Crippen LogP contribution in [0, 0.1) is 0 Å². The first-order chi connectivity index (χ1) is 10.6. The molecule has 1 aromatic rings. The van der Waals surface area contributed by atoms with Gasteiger partial charge >= 0.3 is 0 Å². The van der Waals surface area contributed by atoms with Gasteiger partial charge in [-0.05, 0) is 19.2 Å². The van der Waals surface area contributed by atoms with Crippen LogP contribution in [0.5, 0.6) is 11.5 Å². The summed E-state index contributed by atoms with van der Waals surface area (Å²) < 4.78 is 16.1. The summed E-state index contributed by atoms with van der Waals surface area (Å²) in [4.78, 5) is 6.56. The van der Waals surface area contributed by atoms with Crippen molar-refractivity contribution in [3.05, 3.63) is 18.2 Å². The third-order valence-corrected chi connectivity index (χ3v) is 3.46. The molecule has 0 aromatic heterocycles. The average molecular weight is 436 g/mol. The molecule has 2 rings (SSSR count). The number of rotatable bonds is 5. The number of aliphatic imine (C=N–C) groups is 1. The quantitative estimate of drug-likeness (QED) is 0.413. The highest BCUT2D eigenvalue weighted by Gasteiger charge is 2.17. The summed E-state index contributed by atoms with van der Waals surface area (Å²) in [6.07, 6.45) is 0.0875. The highest BCUT2D eigenvalue weighted by atomic mass is 127. The monoisotopic (exact) mass is 436 g/mol. The molecule has 0 aliphatic carbocycles. The number of nitrogens with one attached hydrogen (secondary N) is 1. The van der Waals surface area contributed by atoms with Crippen molar-refractivity contribution in [2.24, 2.45) is 10.7 Å². The van der Waals surface area contributed by atoms with Crippen LogP contribution in [0.3, 0.4) is 0 Å². The molecule has 8 heteroatoms. The van der Waals surface area contributed by atoms with E-state index in [1.165, 1.54) is 0 Å². The van der Waals surface area contributed by atoms with Crippen molar-refractivity contribution >= 4 is 35.6 Å². The van der Waals surface area contributed by atoms with Crippen LogP contribution in [0.4, 0.5) is 5.69 Å². The molecule has 1 atom stereocenters. The second-order valence-corrected chi connectivity index (χ2v) is 5.18. The fourth-order valence-corrected chi connectivity index (χ4v) is 2.28. The van der Waals surface area contributed by atoms with Crippen molar-refractivity contribution in [2.75, 3.05) is 52.8 Å². The third kappa shape index (κ3) is 6.04. The predicted octanol–water partition coefficient (Wildman–Crippen LogP) is 1.38.